The molecule has 1 aromatic heterocycles. The topological polar surface area (TPSA) is 101 Å². The van der Waals surface area contributed by atoms with Gasteiger partial charge in [0.1, 0.15) is 11.5 Å². The molecule has 0 radical (unpaired) electrons. The number of benzene rings is 1. The molecule has 1 heterocycles. The Morgan fingerprint density at radius 3 is 2.25 bits per heavy atom. The molecular weight excluding hydrogens is 331 g/mol. The molecule has 0 saturated carbocycles. The fourth-order valence-electron chi connectivity index (χ4n) is 1.62. The molecule has 2 aromatic rings. The van der Waals surface area contributed by atoms with Gasteiger partial charge < -0.3 is 9.84 Å². The van der Waals surface area contributed by atoms with Gasteiger partial charge in [0.2, 0.25) is 0 Å². The van der Waals surface area contributed by atoms with Crippen molar-refractivity contribution in [2.24, 2.45) is 0 Å². The Morgan fingerprint density at radius 1 is 1.04 bits per heavy atom. The molecule has 0 aliphatic rings. The van der Waals surface area contributed by atoms with Crippen LogP contribution in [0.15, 0.2) is 42.6 Å². The van der Waals surface area contributed by atoms with Crippen LogP contribution in [-0.2, 0) is 0 Å². The van der Waals surface area contributed by atoms with Crippen LogP contribution < -0.4 is 15.6 Å². The van der Waals surface area contributed by atoms with E-state index in [1.165, 1.54) is 18.3 Å². The van der Waals surface area contributed by atoms with Crippen molar-refractivity contribution in [1.82, 2.24) is 15.8 Å². The summed E-state index contributed by atoms with van der Waals surface area (Å²) in [6.07, 6.45) is -3.56. The van der Waals surface area contributed by atoms with Crippen LogP contribution in [0.4, 0.5) is 13.2 Å². The molecule has 10 heteroatoms. The summed E-state index contributed by atoms with van der Waals surface area (Å²) in [5, 5.41) is 9.44. The van der Waals surface area contributed by atoms with Gasteiger partial charge in [-0.3, -0.25) is 20.4 Å². The predicted octanol–water partition coefficient (Wildman–Crippen LogP) is 1.76. The van der Waals surface area contributed by atoms with E-state index in [0.29, 0.717) is 0 Å². The molecule has 0 aliphatic carbocycles. The number of hydrogen-bond acceptors (Lipinski definition) is 5. The summed E-state index contributed by atoms with van der Waals surface area (Å²) in [4.78, 5) is 27.1. The number of halogens is 3. The number of carbonyl (C=O) groups excluding carboxylic acids is 2. The van der Waals surface area contributed by atoms with Crippen LogP contribution in [0.2, 0.25) is 0 Å². The van der Waals surface area contributed by atoms with Crippen LogP contribution in [0.1, 0.15) is 20.8 Å². The van der Waals surface area contributed by atoms with Gasteiger partial charge in [-0.2, -0.15) is 0 Å². The van der Waals surface area contributed by atoms with E-state index in [1.807, 2.05) is 10.9 Å². The molecule has 24 heavy (non-hydrogen) atoms. The molecule has 126 valence electrons. The highest BCUT2D eigenvalue weighted by molar-refractivity contribution is 5.99. The SMILES string of the molecule is O=C(NNC(=O)c1ncccc1O)c1ccc(OC(F)(F)F)cc1. The minimum absolute atomic E-state index is 0.0185. The van der Waals surface area contributed by atoms with Gasteiger partial charge in [0.25, 0.3) is 11.8 Å². The predicted molar refractivity (Wildman–Crippen MR) is 74.0 cm³/mol. The summed E-state index contributed by atoms with van der Waals surface area (Å²) >= 11 is 0. The van der Waals surface area contributed by atoms with Crippen molar-refractivity contribution >= 4 is 11.8 Å². The number of nitrogens with zero attached hydrogens (tertiary/aromatic N) is 1. The van der Waals surface area contributed by atoms with E-state index in [-0.39, 0.29) is 17.0 Å². The maximum Gasteiger partial charge on any atom is 0.573 e. The number of carbonyl (C=O) groups is 2. The van der Waals surface area contributed by atoms with Gasteiger partial charge in [0.15, 0.2) is 5.69 Å². The number of hydrogen-bond donors (Lipinski definition) is 3. The third-order valence-electron chi connectivity index (χ3n) is 2.64. The Hall–Kier alpha value is -3.30. The van der Waals surface area contributed by atoms with E-state index >= 15 is 0 Å². The van der Waals surface area contributed by atoms with Crippen molar-refractivity contribution in [3.63, 3.8) is 0 Å². The number of alkyl halides is 3. The van der Waals surface area contributed by atoms with Crippen molar-refractivity contribution in [2.75, 3.05) is 0 Å². The number of rotatable bonds is 3. The van der Waals surface area contributed by atoms with Gasteiger partial charge in [-0.1, -0.05) is 0 Å². The highest BCUT2D eigenvalue weighted by Gasteiger charge is 2.31. The Balaban J connectivity index is 1.95. The molecule has 3 N–H and O–H groups in total. The van der Waals surface area contributed by atoms with Crippen LogP contribution in [0.5, 0.6) is 11.5 Å². The average Bonchev–Trinajstić information content (AvgIpc) is 2.52. The first-order chi connectivity index (χ1) is 11.3. The molecule has 2 rings (SSSR count). The first-order valence-corrected chi connectivity index (χ1v) is 6.37. The van der Waals surface area contributed by atoms with E-state index in [2.05, 4.69) is 9.72 Å². The molecule has 2 amide bonds. The average molecular weight is 341 g/mol. The van der Waals surface area contributed by atoms with Crippen molar-refractivity contribution in [1.29, 1.82) is 0 Å². The fourth-order valence-corrected chi connectivity index (χ4v) is 1.62. The zero-order valence-electron chi connectivity index (χ0n) is 11.8. The minimum Gasteiger partial charge on any atom is -0.505 e. The van der Waals surface area contributed by atoms with Gasteiger partial charge in [-0.05, 0) is 36.4 Å². The number of pyridine rings is 1. The van der Waals surface area contributed by atoms with E-state index in [9.17, 15) is 27.9 Å². The number of amides is 2. The zero-order chi connectivity index (χ0) is 17.7. The Morgan fingerprint density at radius 2 is 1.67 bits per heavy atom. The molecule has 0 atom stereocenters. The lowest BCUT2D eigenvalue weighted by Gasteiger charge is -2.10. The van der Waals surface area contributed by atoms with Crippen LogP contribution in [0.25, 0.3) is 0 Å². The number of ether oxygens (including phenoxy) is 1. The lowest BCUT2D eigenvalue weighted by molar-refractivity contribution is -0.274. The molecular formula is C14H10F3N3O4. The second-order valence-electron chi connectivity index (χ2n) is 4.35. The number of hydrazine groups is 1. The normalized spacial score (nSPS) is 10.8. The van der Waals surface area contributed by atoms with Crippen LogP contribution in [0.3, 0.4) is 0 Å². The van der Waals surface area contributed by atoms with Gasteiger partial charge in [0, 0.05) is 11.8 Å². The second-order valence-corrected chi connectivity index (χ2v) is 4.35. The molecule has 7 nitrogen and oxygen atoms in total. The monoisotopic (exact) mass is 341 g/mol. The summed E-state index contributed by atoms with van der Waals surface area (Å²) in [6.45, 7) is 0. The smallest absolute Gasteiger partial charge is 0.505 e. The minimum atomic E-state index is -4.83. The van der Waals surface area contributed by atoms with Gasteiger partial charge in [-0.15, -0.1) is 13.2 Å². The van der Waals surface area contributed by atoms with Crippen LogP contribution in [-0.4, -0.2) is 28.3 Å². The van der Waals surface area contributed by atoms with Crippen molar-refractivity contribution in [3.8, 4) is 11.5 Å². The van der Waals surface area contributed by atoms with E-state index in [4.69, 9.17) is 0 Å². The van der Waals surface area contributed by atoms with Gasteiger partial charge in [-0.25, -0.2) is 4.98 Å². The number of nitrogens with one attached hydrogen (secondary N) is 2. The maximum absolute atomic E-state index is 12.0. The molecule has 1 aromatic carbocycles. The molecule has 0 saturated heterocycles. The Bertz CT molecular complexity index is 748. The first-order valence-electron chi connectivity index (χ1n) is 6.37. The lowest BCUT2D eigenvalue weighted by atomic mass is 10.2. The second kappa shape index (κ2) is 6.86. The molecule has 0 unspecified atom stereocenters. The highest BCUT2D eigenvalue weighted by atomic mass is 19.4. The van der Waals surface area contributed by atoms with E-state index in [1.54, 1.807) is 0 Å². The van der Waals surface area contributed by atoms with Crippen LogP contribution in [0, 0.1) is 0 Å². The lowest BCUT2D eigenvalue weighted by Crippen LogP contribution is -2.41. The largest absolute Gasteiger partial charge is 0.573 e. The van der Waals surface area contributed by atoms with Crippen LogP contribution >= 0.6 is 0 Å². The molecule has 0 aliphatic heterocycles. The summed E-state index contributed by atoms with van der Waals surface area (Å²) < 4.78 is 39.8. The van der Waals surface area contributed by atoms with Crippen molar-refractivity contribution in [3.05, 3.63) is 53.9 Å². The van der Waals surface area contributed by atoms with Gasteiger partial charge in [0.05, 0.1) is 0 Å². The Labute approximate surface area is 133 Å². The maximum atomic E-state index is 12.0. The standard InChI is InChI=1S/C14H10F3N3O4/c15-14(16,17)24-9-5-3-8(4-6-9)12(22)19-20-13(23)11-10(21)2-1-7-18-11/h1-7,21H,(H,19,22)(H,20,23). The third kappa shape index (κ3) is 4.60. The molecule has 0 spiro atoms. The zero-order valence-corrected chi connectivity index (χ0v) is 11.8. The summed E-state index contributed by atoms with van der Waals surface area (Å²) in [5.74, 6) is -2.50. The Kier molecular flexibility index (Phi) is 4.87. The third-order valence-corrected chi connectivity index (χ3v) is 2.64. The molecule has 0 bridgehead atoms. The van der Waals surface area contributed by atoms with E-state index < -0.39 is 23.9 Å². The van der Waals surface area contributed by atoms with Crippen molar-refractivity contribution in [2.45, 2.75) is 6.36 Å². The van der Waals surface area contributed by atoms with E-state index in [0.717, 1.165) is 24.3 Å². The number of aromatic nitrogens is 1. The number of aromatic hydroxyl groups is 1. The molecule has 0 fully saturated rings. The fraction of sp³-hybridized carbons (Fsp3) is 0.0714. The quantitative estimate of drug-likeness (QED) is 0.739. The highest BCUT2D eigenvalue weighted by Crippen LogP contribution is 2.22. The summed E-state index contributed by atoms with van der Waals surface area (Å²) in [6, 6.07) is 6.73. The van der Waals surface area contributed by atoms with Crippen molar-refractivity contribution < 1.29 is 32.6 Å². The van der Waals surface area contributed by atoms with Gasteiger partial charge >= 0.3 is 6.36 Å². The summed E-state index contributed by atoms with van der Waals surface area (Å²) in [7, 11) is 0. The summed E-state index contributed by atoms with van der Waals surface area (Å²) in [5.41, 5.74) is 3.74. The first kappa shape index (κ1) is 17.1.